The summed E-state index contributed by atoms with van der Waals surface area (Å²) in [6.07, 6.45) is 10.1. The average molecular weight is 367 g/mol. The van der Waals surface area contributed by atoms with Gasteiger partial charge in [-0.3, -0.25) is 9.32 Å². The normalized spacial score (nSPS) is 14.4. The first-order valence-corrected chi connectivity index (χ1v) is 10.4. The molecule has 0 aliphatic carbocycles. The Kier molecular flexibility index (Phi) is 13.5. The largest absolute Gasteiger partial charge is 0.469 e. The molecule has 0 saturated heterocycles. The van der Waals surface area contributed by atoms with Crippen LogP contribution in [-0.4, -0.2) is 39.6 Å². The van der Waals surface area contributed by atoms with Crippen molar-refractivity contribution in [1.82, 2.24) is 5.32 Å². The van der Waals surface area contributed by atoms with Crippen molar-refractivity contribution >= 4 is 13.7 Å². The summed E-state index contributed by atoms with van der Waals surface area (Å²) >= 11 is 0. The SMILES string of the molecule is CCCCCCCCCCC[C@@H](O)[C@H](COP(=O)(O)O)NC(C)=O. The number of hydrogen-bond acceptors (Lipinski definition) is 4. The highest BCUT2D eigenvalue weighted by atomic mass is 31.2. The fourth-order valence-electron chi connectivity index (χ4n) is 2.55. The Bertz CT molecular complexity index is 374. The highest BCUT2D eigenvalue weighted by Gasteiger charge is 2.24. The quantitative estimate of drug-likeness (QED) is 0.261. The molecule has 0 aromatic carbocycles. The van der Waals surface area contributed by atoms with Crippen molar-refractivity contribution in [3.05, 3.63) is 0 Å². The van der Waals surface area contributed by atoms with Crippen LogP contribution >= 0.6 is 7.82 Å². The van der Waals surface area contributed by atoms with Crippen molar-refractivity contribution in [1.29, 1.82) is 0 Å². The molecule has 0 fully saturated rings. The minimum absolute atomic E-state index is 0.375. The van der Waals surface area contributed by atoms with Gasteiger partial charge in [-0.1, -0.05) is 64.7 Å². The van der Waals surface area contributed by atoms with Crippen molar-refractivity contribution in [2.75, 3.05) is 6.61 Å². The predicted molar refractivity (Wildman–Crippen MR) is 93.5 cm³/mol. The highest BCUT2D eigenvalue weighted by molar-refractivity contribution is 7.46. The number of aliphatic hydroxyl groups is 1. The molecule has 1 amide bonds. The molecular formula is C16H34NO6P. The molecule has 0 bridgehead atoms. The summed E-state index contributed by atoms with van der Waals surface area (Å²) in [6.45, 7) is 3.07. The molecule has 0 aromatic heterocycles. The highest BCUT2D eigenvalue weighted by Crippen LogP contribution is 2.35. The molecule has 7 nitrogen and oxygen atoms in total. The molecule has 8 heteroatoms. The van der Waals surface area contributed by atoms with E-state index in [2.05, 4.69) is 16.8 Å². The summed E-state index contributed by atoms with van der Waals surface area (Å²) in [5, 5.41) is 12.6. The number of amides is 1. The van der Waals surface area contributed by atoms with Crippen LogP contribution in [0, 0.1) is 0 Å². The number of hydrogen-bond donors (Lipinski definition) is 4. The minimum Gasteiger partial charge on any atom is -0.391 e. The van der Waals surface area contributed by atoms with Gasteiger partial charge in [0.1, 0.15) is 0 Å². The summed E-state index contributed by atoms with van der Waals surface area (Å²) in [6, 6.07) is -0.816. The number of carbonyl (C=O) groups excluding carboxylic acids is 1. The van der Waals surface area contributed by atoms with Gasteiger partial charge in [0, 0.05) is 6.92 Å². The van der Waals surface area contributed by atoms with E-state index >= 15 is 0 Å². The molecule has 24 heavy (non-hydrogen) atoms. The third-order valence-electron chi connectivity index (χ3n) is 3.88. The Hall–Kier alpha value is -0.460. The molecule has 0 aromatic rings. The van der Waals surface area contributed by atoms with E-state index in [1.54, 1.807) is 0 Å². The Morgan fingerprint density at radius 3 is 2.00 bits per heavy atom. The van der Waals surface area contributed by atoms with E-state index in [-0.39, 0.29) is 5.91 Å². The second kappa shape index (κ2) is 13.8. The maximum absolute atomic E-state index is 11.1. The summed E-state index contributed by atoms with van der Waals surface area (Å²) in [5.74, 6) is -0.375. The van der Waals surface area contributed by atoms with Crippen LogP contribution in [0.5, 0.6) is 0 Å². The van der Waals surface area contributed by atoms with Crippen molar-refractivity contribution in [2.45, 2.75) is 90.2 Å². The molecule has 0 spiro atoms. The second-order valence-electron chi connectivity index (χ2n) is 6.28. The van der Waals surface area contributed by atoms with Gasteiger partial charge in [0.25, 0.3) is 0 Å². The van der Waals surface area contributed by atoms with Crippen molar-refractivity contribution < 1.29 is 28.8 Å². The van der Waals surface area contributed by atoms with E-state index in [1.807, 2.05) is 0 Å². The van der Waals surface area contributed by atoms with Crippen molar-refractivity contribution in [3.8, 4) is 0 Å². The van der Waals surface area contributed by atoms with Crippen molar-refractivity contribution in [2.24, 2.45) is 0 Å². The minimum atomic E-state index is -4.62. The lowest BCUT2D eigenvalue weighted by atomic mass is 10.0. The first-order valence-electron chi connectivity index (χ1n) is 8.91. The van der Waals surface area contributed by atoms with Gasteiger partial charge in [0.05, 0.1) is 18.8 Å². The number of nitrogens with one attached hydrogen (secondary N) is 1. The summed E-state index contributed by atoms with van der Waals surface area (Å²) < 4.78 is 15.1. The Morgan fingerprint density at radius 1 is 1.04 bits per heavy atom. The van der Waals surface area contributed by atoms with Crippen LogP contribution < -0.4 is 5.32 Å². The van der Waals surface area contributed by atoms with Crippen LogP contribution in [-0.2, 0) is 13.9 Å². The zero-order valence-corrected chi connectivity index (χ0v) is 15.8. The monoisotopic (exact) mass is 367 g/mol. The molecule has 2 atom stereocenters. The average Bonchev–Trinajstić information content (AvgIpc) is 2.48. The third-order valence-corrected chi connectivity index (χ3v) is 4.36. The van der Waals surface area contributed by atoms with Gasteiger partial charge in [0.2, 0.25) is 5.91 Å². The molecule has 0 unspecified atom stereocenters. The topological polar surface area (TPSA) is 116 Å². The van der Waals surface area contributed by atoms with Crippen LogP contribution in [0.25, 0.3) is 0 Å². The smallest absolute Gasteiger partial charge is 0.391 e. The summed E-state index contributed by atoms with van der Waals surface area (Å²) in [5.41, 5.74) is 0. The van der Waals surface area contributed by atoms with Gasteiger partial charge in [-0.2, -0.15) is 0 Å². The lowest BCUT2D eigenvalue weighted by molar-refractivity contribution is -0.121. The van der Waals surface area contributed by atoms with E-state index in [1.165, 1.54) is 45.4 Å². The zero-order valence-electron chi connectivity index (χ0n) is 14.9. The number of rotatable bonds is 15. The lowest BCUT2D eigenvalue weighted by Crippen LogP contribution is -2.45. The lowest BCUT2D eigenvalue weighted by Gasteiger charge is -2.23. The standard InChI is InChI=1S/C16H34NO6P/c1-3-4-5-6-7-8-9-10-11-12-16(19)15(17-14(2)18)13-23-24(20,21)22/h15-16,19H,3-13H2,1-2H3,(H,17,18)(H2,20,21,22)/t15-,16+/m0/s1. The van der Waals surface area contributed by atoms with Crippen LogP contribution in [0.4, 0.5) is 0 Å². The summed E-state index contributed by atoms with van der Waals surface area (Å²) in [7, 11) is -4.62. The first kappa shape index (κ1) is 23.5. The Morgan fingerprint density at radius 2 is 1.54 bits per heavy atom. The van der Waals surface area contributed by atoms with E-state index < -0.39 is 26.6 Å². The zero-order chi connectivity index (χ0) is 18.4. The van der Waals surface area contributed by atoms with Crippen LogP contribution in [0.2, 0.25) is 0 Å². The predicted octanol–water partition coefficient (Wildman–Crippen LogP) is 2.88. The fraction of sp³-hybridized carbons (Fsp3) is 0.938. The van der Waals surface area contributed by atoms with E-state index in [0.717, 1.165) is 19.3 Å². The van der Waals surface area contributed by atoms with E-state index in [4.69, 9.17) is 9.79 Å². The van der Waals surface area contributed by atoms with Gasteiger partial charge in [-0.25, -0.2) is 4.57 Å². The van der Waals surface area contributed by atoms with E-state index in [0.29, 0.717) is 6.42 Å². The van der Waals surface area contributed by atoms with Gasteiger partial charge in [-0.05, 0) is 6.42 Å². The molecular weight excluding hydrogens is 333 g/mol. The molecule has 0 heterocycles. The Balaban J connectivity index is 3.90. The number of aliphatic hydroxyl groups excluding tert-OH is 1. The Labute approximate surface area is 145 Å². The molecule has 144 valence electrons. The van der Waals surface area contributed by atoms with Gasteiger partial charge in [-0.15, -0.1) is 0 Å². The third kappa shape index (κ3) is 15.1. The van der Waals surface area contributed by atoms with Crippen molar-refractivity contribution in [3.63, 3.8) is 0 Å². The maximum Gasteiger partial charge on any atom is 0.469 e. The maximum atomic E-state index is 11.1. The molecule has 0 aliphatic heterocycles. The number of phosphoric acid groups is 1. The van der Waals surface area contributed by atoms with Crippen LogP contribution in [0.1, 0.15) is 78.1 Å². The fourth-order valence-corrected chi connectivity index (χ4v) is 2.91. The van der Waals surface area contributed by atoms with Gasteiger partial charge < -0.3 is 20.2 Å². The molecule has 4 N–H and O–H groups in total. The second-order valence-corrected chi connectivity index (χ2v) is 7.52. The number of phosphoric ester groups is 1. The van der Waals surface area contributed by atoms with Gasteiger partial charge >= 0.3 is 7.82 Å². The van der Waals surface area contributed by atoms with E-state index in [9.17, 15) is 14.5 Å². The molecule has 0 aliphatic rings. The number of unbranched alkanes of at least 4 members (excludes halogenated alkanes) is 8. The molecule has 0 radical (unpaired) electrons. The first-order chi connectivity index (χ1) is 11.3. The molecule has 0 rings (SSSR count). The van der Waals surface area contributed by atoms with Crippen LogP contribution in [0.15, 0.2) is 0 Å². The molecule has 0 saturated carbocycles. The van der Waals surface area contributed by atoms with Crippen LogP contribution in [0.3, 0.4) is 0 Å². The number of carbonyl (C=O) groups is 1. The van der Waals surface area contributed by atoms with Gasteiger partial charge in [0.15, 0.2) is 0 Å². The summed E-state index contributed by atoms with van der Waals surface area (Å²) in [4.78, 5) is 28.6.